The fraction of sp³-hybridized carbons (Fsp3) is 0.889. The van der Waals surface area contributed by atoms with Gasteiger partial charge in [-0.1, -0.05) is 13.8 Å². The lowest BCUT2D eigenvalue weighted by atomic mass is 9.95. The molecule has 1 saturated heterocycles. The zero-order chi connectivity index (χ0) is 9.03. The van der Waals surface area contributed by atoms with Gasteiger partial charge in [0, 0.05) is 12.3 Å². The molecule has 1 heterocycles. The van der Waals surface area contributed by atoms with E-state index in [0.29, 0.717) is 19.6 Å². The number of ether oxygens (including phenoxy) is 2. The van der Waals surface area contributed by atoms with Gasteiger partial charge >= 0.3 is 0 Å². The average molecular weight is 172 g/mol. The Hall–Kier alpha value is -0.410. The lowest BCUT2D eigenvalue weighted by molar-refractivity contribution is -0.194. The maximum Gasteiger partial charge on any atom is 0.171 e. The second-order valence-corrected chi connectivity index (χ2v) is 3.17. The molecule has 1 fully saturated rings. The third kappa shape index (κ3) is 1.67. The minimum absolute atomic E-state index is 0.155. The highest BCUT2D eigenvalue weighted by molar-refractivity contribution is 5.49. The van der Waals surface area contributed by atoms with Crippen molar-refractivity contribution in [2.75, 3.05) is 13.2 Å². The van der Waals surface area contributed by atoms with E-state index in [2.05, 4.69) is 0 Å². The van der Waals surface area contributed by atoms with Gasteiger partial charge in [-0.3, -0.25) is 0 Å². The summed E-state index contributed by atoms with van der Waals surface area (Å²) in [6, 6.07) is 0. The minimum atomic E-state index is -0.485. The second kappa shape index (κ2) is 4.01. The summed E-state index contributed by atoms with van der Waals surface area (Å²) in [4.78, 5) is 10.3. The van der Waals surface area contributed by atoms with Crippen LogP contribution < -0.4 is 0 Å². The smallest absolute Gasteiger partial charge is 0.171 e. The Morgan fingerprint density at radius 3 is 2.50 bits per heavy atom. The highest BCUT2D eigenvalue weighted by Crippen LogP contribution is 2.32. The molecular weight excluding hydrogens is 156 g/mol. The van der Waals surface area contributed by atoms with Crippen LogP contribution in [0.5, 0.6) is 0 Å². The molecule has 0 aliphatic carbocycles. The molecular formula is C9H16O3. The molecule has 0 radical (unpaired) electrons. The quantitative estimate of drug-likeness (QED) is 0.601. The molecule has 0 amide bonds. The van der Waals surface area contributed by atoms with Crippen molar-refractivity contribution in [3.05, 3.63) is 0 Å². The number of hydrogen-bond donors (Lipinski definition) is 0. The van der Waals surface area contributed by atoms with Gasteiger partial charge in [-0.25, -0.2) is 0 Å². The summed E-state index contributed by atoms with van der Waals surface area (Å²) in [5.41, 5.74) is 0. The van der Waals surface area contributed by atoms with Crippen LogP contribution in [0.1, 0.15) is 26.7 Å². The second-order valence-electron chi connectivity index (χ2n) is 3.17. The Kier molecular flexibility index (Phi) is 3.23. The van der Waals surface area contributed by atoms with Gasteiger partial charge < -0.3 is 14.3 Å². The van der Waals surface area contributed by atoms with Crippen LogP contribution in [0.3, 0.4) is 0 Å². The Morgan fingerprint density at radius 2 is 2.08 bits per heavy atom. The summed E-state index contributed by atoms with van der Waals surface area (Å²) < 4.78 is 11.0. The van der Waals surface area contributed by atoms with Crippen molar-refractivity contribution in [2.24, 2.45) is 5.92 Å². The van der Waals surface area contributed by atoms with Crippen LogP contribution in [-0.4, -0.2) is 25.3 Å². The first-order chi connectivity index (χ1) is 5.75. The lowest BCUT2D eigenvalue weighted by Crippen LogP contribution is -2.37. The van der Waals surface area contributed by atoms with Crippen molar-refractivity contribution in [3.63, 3.8) is 0 Å². The molecule has 0 aromatic heterocycles. The predicted octanol–water partition coefficient (Wildman–Crippen LogP) is 1.36. The molecule has 3 heteroatoms. The van der Waals surface area contributed by atoms with Crippen LogP contribution in [0.4, 0.5) is 0 Å². The molecule has 3 nitrogen and oxygen atoms in total. The zero-order valence-corrected chi connectivity index (χ0v) is 7.71. The molecule has 0 aromatic rings. The van der Waals surface area contributed by atoms with E-state index in [1.807, 2.05) is 13.8 Å². The third-order valence-corrected chi connectivity index (χ3v) is 2.47. The summed E-state index contributed by atoms with van der Waals surface area (Å²) in [6.45, 7) is 5.31. The average Bonchev–Trinajstić information content (AvgIpc) is 2.54. The van der Waals surface area contributed by atoms with Crippen molar-refractivity contribution in [1.82, 2.24) is 0 Å². The molecule has 1 aliphatic rings. The fourth-order valence-electron chi connectivity index (χ4n) is 1.63. The minimum Gasteiger partial charge on any atom is -0.347 e. The van der Waals surface area contributed by atoms with E-state index < -0.39 is 5.79 Å². The third-order valence-electron chi connectivity index (χ3n) is 2.47. The SMILES string of the molecule is CCC1(C(C)CC=O)OCCO1. The molecule has 1 aliphatic heterocycles. The Morgan fingerprint density at radius 1 is 1.50 bits per heavy atom. The van der Waals surface area contributed by atoms with Crippen LogP contribution in [-0.2, 0) is 14.3 Å². The number of carbonyl (C=O) groups is 1. The molecule has 0 aromatic carbocycles. The summed E-state index contributed by atoms with van der Waals surface area (Å²) >= 11 is 0. The molecule has 1 atom stereocenters. The Balaban J connectivity index is 2.58. The highest BCUT2D eigenvalue weighted by Gasteiger charge is 2.39. The van der Waals surface area contributed by atoms with Crippen LogP contribution in [0, 0.1) is 5.92 Å². The van der Waals surface area contributed by atoms with Crippen LogP contribution in [0.2, 0.25) is 0 Å². The van der Waals surface area contributed by atoms with E-state index in [-0.39, 0.29) is 5.92 Å². The van der Waals surface area contributed by atoms with Crippen LogP contribution >= 0.6 is 0 Å². The molecule has 12 heavy (non-hydrogen) atoms. The van der Waals surface area contributed by atoms with Gasteiger partial charge in [0.2, 0.25) is 0 Å². The van der Waals surface area contributed by atoms with Crippen molar-refractivity contribution < 1.29 is 14.3 Å². The first-order valence-electron chi connectivity index (χ1n) is 4.46. The van der Waals surface area contributed by atoms with Crippen molar-refractivity contribution in [1.29, 1.82) is 0 Å². The predicted molar refractivity (Wildman–Crippen MR) is 44.8 cm³/mol. The fourth-order valence-corrected chi connectivity index (χ4v) is 1.63. The van der Waals surface area contributed by atoms with Gasteiger partial charge in [-0.2, -0.15) is 0 Å². The molecule has 0 spiro atoms. The lowest BCUT2D eigenvalue weighted by Gasteiger charge is -2.31. The highest BCUT2D eigenvalue weighted by atomic mass is 16.7. The van der Waals surface area contributed by atoms with E-state index >= 15 is 0 Å². The Bertz CT molecular complexity index is 150. The summed E-state index contributed by atoms with van der Waals surface area (Å²) in [6.07, 6.45) is 2.24. The number of rotatable bonds is 4. The number of carbonyl (C=O) groups excluding carboxylic acids is 1. The van der Waals surface area contributed by atoms with Gasteiger partial charge in [0.15, 0.2) is 5.79 Å². The van der Waals surface area contributed by atoms with E-state index in [0.717, 1.165) is 12.7 Å². The van der Waals surface area contributed by atoms with E-state index in [4.69, 9.17) is 9.47 Å². The molecule has 1 rings (SSSR count). The summed E-state index contributed by atoms with van der Waals surface area (Å²) in [5, 5.41) is 0. The van der Waals surface area contributed by atoms with Crippen LogP contribution in [0.25, 0.3) is 0 Å². The van der Waals surface area contributed by atoms with Crippen molar-refractivity contribution in [3.8, 4) is 0 Å². The summed E-state index contributed by atoms with van der Waals surface area (Å²) in [5.74, 6) is -0.330. The zero-order valence-electron chi connectivity index (χ0n) is 7.71. The Labute approximate surface area is 73.0 Å². The monoisotopic (exact) mass is 172 g/mol. The van der Waals surface area contributed by atoms with Gasteiger partial charge in [0.1, 0.15) is 6.29 Å². The summed E-state index contributed by atoms with van der Waals surface area (Å²) in [7, 11) is 0. The van der Waals surface area contributed by atoms with Gasteiger partial charge in [-0.05, 0) is 6.42 Å². The molecule has 0 N–H and O–H groups in total. The molecule has 1 unspecified atom stereocenters. The molecule has 0 bridgehead atoms. The van der Waals surface area contributed by atoms with Crippen molar-refractivity contribution in [2.45, 2.75) is 32.5 Å². The first kappa shape index (κ1) is 9.68. The number of aldehydes is 1. The van der Waals surface area contributed by atoms with E-state index in [9.17, 15) is 4.79 Å². The number of hydrogen-bond acceptors (Lipinski definition) is 3. The van der Waals surface area contributed by atoms with Gasteiger partial charge in [0.05, 0.1) is 13.2 Å². The maximum atomic E-state index is 10.3. The standard InChI is InChI=1S/C9H16O3/c1-3-9(8(2)4-5-10)11-6-7-12-9/h5,8H,3-4,6-7H2,1-2H3. The largest absolute Gasteiger partial charge is 0.347 e. The normalized spacial score (nSPS) is 23.8. The molecule has 70 valence electrons. The van der Waals surface area contributed by atoms with Gasteiger partial charge in [0.25, 0.3) is 0 Å². The maximum absolute atomic E-state index is 10.3. The van der Waals surface area contributed by atoms with Crippen LogP contribution in [0.15, 0.2) is 0 Å². The van der Waals surface area contributed by atoms with E-state index in [1.54, 1.807) is 0 Å². The van der Waals surface area contributed by atoms with Gasteiger partial charge in [-0.15, -0.1) is 0 Å². The molecule has 0 saturated carbocycles. The van der Waals surface area contributed by atoms with Crippen molar-refractivity contribution >= 4 is 6.29 Å². The topological polar surface area (TPSA) is 35.5 Å². The first-order valence-corrected chi connectivity index (χ1v) is 4.46. The van der Waals surface area contributed by atoms with E-state index in [1.165, 1.54) is 0 Å².